The lowest BCUT2D eigenvalue weighted by molar-refractivity contribution is 1.34. The number of nitrogens with one attached hydrogen (secondary N) is 1. The van der Waals surface area contributed by atoms with Crippen LogP contribution in [0.4, 0.5) is 0 Å². The van der Waals surface area contributed by atoms with Crippen LogP contribution in [0.5, 0.6) is 0 Å². The molecule has 0 spiro atoms. The molecule has 1 N–H and O–H groups in total. The van der Waals surface area contributed by atoms with Crippen molar-refractivity contribution in [3.63, 3.8) is 0 Å². The molecular formula is C9H10N2. The van der Waals surface area contributed by atoms with E-state index in [-0.39, 0.29) is 0 Å². The Morgan fingerprint density at radius 3 is 2.00 bits per heavy atom. The summed E-state index contributed by atoms with van der Waals surface area (Å²) in [5.41, 5.74) is 0.715. The third-order valence-electron chi connectivity index (χ3n) is 1.15. The van der Waals surface area contributed by atoms with E-state index >= 15 is 0 Å². The van der Waals surface area contributed by atoms with Crippen molar-refractivity contribution in [3.8, 4) is 6.07 Å². The van der Waals surface area contributed by atoms with E-state index in [1.165, 1.54) is 13.1 Å². The number of nitrogens with zero attached hydrogens (tertiary/aromatic N) is 1. The molecule has 1 aliphatic heterocycles. The zero-order chi connectivity index (χ0) is 7.94. The summed E-state index contributed by atoms with van der Waals surface area (Å²) in [7, 11) is 0. The minimum atomic E-state index is 0.715. The highest BCUT2D eigenvalue weighted by Crippen LogP contribution is 1.93. The smallest absolute Gasteiger partial charge is 0.0991 e. The number of benzene rings is 1. The SMILES string of the molecule is C1CN1.N#Cc1ccccc1. The second-order valence-corrected chi connectivity index (χ2v) is 2.23. The Hall–Kier alpha value is -1.33. The first-order valence-electron chi connectivity index (χ1n) is 3.59. The maximum Gasteiger partial charge on any atom is 0.0991 e. The molecule has 0 radical (unpaired) electrons. The molecule has 0 aromatic heterocycles. The Morgan fingerprint density at radius 2 is 1.73 bits per heavy atom. The summed E-state index contributed by atoms with van der Waals surface area (Å²) in [4.78, 5) is 0. The van der Waals surface area contributed by atoms with Crippen LogP contribution in [0.15, 0.2) is 30.3 Å². The van der Waals surface area contributed by atoms with Gasteiger partial charge < -0.3 is 5.32 Å². The first-order valence-corrected chi connectivity index (χ1v) is 3.59. The summed E-state index contributed by atoms with van der Waals surface area (Å²) >= 11 is 0. The van der Waals surface area contributed by atoms with E-state index in [0.717, 1.165) is 0 Å². The monoisotopic (exact) mass is 146 g/mol. The van der Waals surface area contributed by atoms with Crippen molar-refractivity contribution in [3.05, 3.63) is 35.9 Å². The molecule has 0 amide bonds. The van der Waals surface area contributed by atoms with E-state index in [1.807, 2.05) is 24.3 Å². The van der Waals surface area contributed by atoms with Crippen LogP contribution in [-0.2, 0) is 0 Å². The lowest BCUT2D eigenvalue weighted by atomic mass is 10.2. The van der Waals surface area contributed by atoms with E-state index < -0.39 is 0 Å². The first-order chi connectivity index (χ1) is 5.43. The molecule has 1 fully saturated rings. The van der Waals surface area contributed by atoms with E-state index in [4.69, 9.17) is 5.26 Å². The van der Waals surface area contributed by atoms with Gasteiger partial charge in [0.05, 0.1) is 11.6 Å². The fraction of sp³-hybridized carbons (Fsp3) is 0.222. The topological polar surface area (TPSA) is 45.7 Å². The van der Waals surface area contributed by atoms with Gasteiger partial charge in [-0.25, -0.2) is 0 Å². The Labute approximate surface area is 66.5 Å². The van der Waals surface area contributed by atoms with E-state index in [2.05, 4.69) is 5.32 Å². The molecule has 0 aliphatic carbocycles. The number of hydrogen-bond donors (Lipinski definition) is 1. The molecule has 1 aromatic carbocycles. The number of rotatable bonds is 0. The normalized spacial score (nSPS) is 12.3. The molecule has 0 atom stereocenters. The third kappa shape index (κ3) is 4.12. The van der Waals surface area contributed by atoms with Gasteiger partial charge in [0, 0.05) is 13.1 Å². The van der Waals surface area contributed by atoms with Gasteiger partial charge in [0.1, 0.15) is 0 Å². The average Bonchev–Trinajstić information content (AvgIpc) is 2.92. The lowest BCUT2D eigenvalue weighted by Crippen LogP contribution is -1.66. The van der Waals surface area contributed by atoms with E-state index in [0.29, 0.717) is 5.56 Å². The molecule has 1 aliphatic rings. The lowest BCUT2D eigenvalue weighted by Gasteiger charge is -1.80. The molecule has 2 heteroatoms. The molecule has 1 heterocycles. The Morgan fingerprint density at radius 1 is 1.18 bits per heavy atom. The highest BCUT2D eigenvalue weighted by molar-refractivity contribution is 5.27. The summed E-state index contributed by atoms with van der Waals surface area (Å²) in [6.45, 7) is 2.50. The van der Waals surface area contributed by atoms with Crippen molar-refractivity contribution in [2.24, 2.45) is 0 Å². The highest BCUT2D eigenvalue weighted by Gasteiger charge is 1.91. The molecule has 0 unspecified atom stereocenters. The van der Waals surface area contributed by atoms with Crippen LogP contribution < -0.4 is 5.32 Å². The van der Waals surface area contributed by atoms with Crippen molar-refractivity contribution < 1.29 is 0 Å². The van der Waals surface area contributed by atoms with Crippen molar-refractivity contribution >= 4 is 0 Å². The van der Waals surface area contributed by atoms with Crippen LogP contribution in [0, 0.1) is 11.3 Å². The van der Waals surface area contributed by atoms with Crippen LogP contribution in [-0.4, -0.2) is 13.1 Å². The average molecular weight is 146 g/mol. The molecule has 1 aromatic rings. The number of nitriles is 1. The minimum absolute atomic E-state index is 0.715. The standard InChI is InChI=1S/C7H5N.C2H5N/c8-6-7-4-2-1-3-5-7;1-2-3-1/h1-5H;3H,1-2H2. The first kappa shape index (κ1) is 7.77. The van der Waals surface area contributed by atoms with Gasteiger partial charge in [0.15, 0.2) is 0 Å². The van der Waals surface area contributed by atoms with Gasteiger partial charge in [-0.05, 0) is 12.1 Å². The third-order valence-corrected chi connectivity index (χ3v) is 1.15. The van der Waals surface area contributed by atoms with Gasteiger partial charge in [0.25, 0.3) is 0 Å². The highest BCUT2D eigenvalue weighted by atomic mass is 15.0. The van der Waals surface area contributed by atoms with Crippen molar-refractivity contribution in [1.82, 2.24) is 5.32 Å². The Balaban J connectivity index is 0.000000167. The van der Waals surface area contributed by atoms with E-state index in [9.17, 15) is 0 Å². The molecule has 2 nitrogen and oxygen atoms in total. The van der Waals surface area contributed by atoms with Gasteiger partial charge in [-0.1, -0.05) is 18.2 Å². The predicted octanol–water partition coefficient (Wildman–Crippen LogP) is 1.15. The zero-order valence-corrected chi connectivity index (χ0v) is 6.25. The molecule has 2 rings (SSSR count). The van der Waals surface area contributed by atoms with Gasteiger partial charge in [-0.2, -0.15) is 5.26 Å². The van der Waals surface area contributed by atoms with Crippen molar-refractivity contribution in [2.75, 3.05) is 13.1 Å². The van der Waals surface area contributed by atoms with Crippen LogP contribution in [0.2, 0.25) is 0 Å². The summed E-state index contributed by atoms with van der Waals surface area (Å²) in [5.74, 6) is 0. The van der Waals surface area contributed by atoms with Gasteiger partial charge >= 0.3 is 0 Å². The van der Waals surface area contributed by atoms with Crippen LogP contribution in [0.1, 0.15) is 5.56 Å². The predicted molar refractivity (Wildman–Crippen MR) is 44.0 cm³/mol. The van der Waals surface area contributed by atoms with Crippen LogP contribution in [0.25, 0.3) is 0 Å². The van der Waals surface area contributed by atoms with Crippen LogP contribution in [0.3, 0.4) is 0 Å². The fourth-order valence-corrected chi connectivity index (χ4v) is 0.513. The van der Waals surface area contributed by atoms with Crippen molar-refractivity contribution in [2.45, 2.75) is 0 Å². The Kier molecular flexibility index (Phi) is 3.17. The van der Waals surface area contributed by atoms with Gasteiger partial charge in [0.2, 0.25) is 0 Å². The molecule has 1 saturated heterocycles. The maximum absolute atomic E-state index is 8.29. The maximum atomic E-state index is 8.29. The summed E-state index contributed by atoms with van der Waals surface area (Å²) in [6, 6.07) is 11.2. The number of hydrogen-bond acceptors (Lipinski definition) is 2. The quantitative estimate of drug-likeness (QED) is 0.558. The minimum Gasteiger partial charge on any atom is -0.314 e. The van der Waals surface area contributed by atoms with Crippen molar-refractivity contribution in [1.29, 1.82) is 5.26 Å². The second-order valence-electron chi connectivity index (χ2n) is 2.23. The molecule has 0 bridgehead atoms. The van der Waals surface area contributed by atoms with E-state index in [1.54, 1.807) is 12.1 Å². The summed E-state index contributed by atoms with van der Waals surface area (Å²) in [5, 5.41) is 11.3. The van der Waals surface area contributed by atoms with Gasteiger partial charge in [-0.3, -0.25) is 0 Å². The molecule has 0 saturated carbocycles. The summed E-state index contributed by atoms with van der Waals surface area (Å²) in [6.07, 6.45) is 0. The van der Waals surface area contributed by atoms with Gasteiger partial charge in [-0.15, -0.1) is 0 Å². The Bertz CT molecular complexity index is 231. The van der Waals surface area contributed by atoms with Crippen LogP contribution >= 0.6 is 0 Å². The fourth-order valence-electron chi connectivity index (χ4n) is 0.513. The second kappa shape index (κ2) is 4.48. The molecule has 11 heavy (non-hydrogen) atoms. The molecular weight excluding hydrogens is 136 g/mol. The summed E-state index contributed by atoms with van der Waals surface area (Å²) < 4.78 is 0. The largest absolute Gasteiger partial charge is 0.314 e. The molecule has 56 valence electrons. The zero-order valence-electron chi connectivity index (χ0n) is 6.25.